The summed E-state index contributed by atoms with van der Waals surface area (Å²) in [5.74, 6) is 1.03. The Balaban J connectivity index is 1.49. The van der Waals surface area contributed by atoms with Crippen molar-refractivity contribution in [2.24, 2.45) is 0 Å². The molecule has 0 aliphatic carbocycles. The monoisotopic (exact) mass is 460 g/mol. The third-order valence-corrected chi connectivity index (χ3v) is 6.72. The van der Waals surface area contributed by atoms with E-state index >= 15 is 0 Å². The largest absolute Gasteiger partial charge is 0.360 e. The minimum absolute atomic E-state index is 0.215. The van der Waals surface area contributed by atoms with Gasteiger partial charge in [0.15, 0.2) is 11.0 Å². The first-order valence-electron chi connectivity index (χ1n) is 10.7. The van der Waals surface area contributed by atoms with Crippen molar-refractivity contribution in [3.63, 3.8) is 0 Å². The summed E-state index contributed by atoms with van der Waals surface area (Å²) in [4.78, 5) is 29.3. The van der Waals surface area contributed by atoms with E-state index in [1.165, 1.54) is 16.7 Å². The molecule has 0 bridgehead atoms. The maximum atomic E-state index is 12.5. The maximum absolute atomic E-state index is 12.5. The molecule has 0 saturated carbocycles. The van der Waals surface area contributed by atoms with E-state index in [9.17, 15) is 9.59 Å². The van der Waals surface area contributed by atoms with Gasteiger partial charge in [-0.25, -0.2) is 4.79 Å². The van der Waals surface area contributed by atoms with E-state index < -0.39 is 5.54 Å². The maximum Gasteiger partial charge on any atom is 0.325 e. The highest BCUT2D eigenvalue weighted by Gasteiger charge is 2.43. The van der Waals surface area contributed by atoms with E-state index in [4.69, 9.17) is 0 Å². The molecule has 2 N–H and O–H groups in total. The summed E-state index contributed by atoms with van der Waals surface area (Å²) in [6, 6.07) is 15.8. The van der Waals surface area contributed by atoms with Crippen molar-refractivity contribution < 1.29 is 9.59 Å². The standard InChI is InChI=1S/C24H24N6O2S/c1-15-8-4-7-11-19(15)30-20(17-14-25-18-10-6-5-9-16(17)18)27-28-23(30)33-13-12-29-21(31)24(2,3)26-22(29)32/h4-11,14,25H,12-13H2,1-3H3,(H,26,32). The van der Waals surface area contributed by atoms with Crippen molar-refractivity contribution in [1.29, 1.82) is 0 Å². The highest BCUT2D eigenvalue weighted by atomic mass is 32.2. The zero-order valence-electron chi connectivity index (χ0n) is 18.6. The molecule has 2 aromatic heterocycles. The van der Waals surface area contributed by atoms with Crippen molar-refractivity contribution in [2.75, 3.05) is 12.3 Å². The van der Waals surface area contributed by atoms with E-state index in [1.54, 1.807) is 13.8 Å². The van der Waals surface area contributed by atoms with Gasteiger partial charge in [0.2, 0.25) is 0 Å². The van der Waals surface area contributed by atoms with Crippen LogP contribution in [0.4, 0.5) is 4.79 Å². The summed E-state index contributed by atoms with van der Waals surface area (Å²) in [6.45, 7) is 5.77. The molecule has 1 aliphatic rings. The topological polar surface area (TPSA) is 95.9 Å². The smallest absolute Gasteiger partial charge is 0.325 e. The quantitative estimate of drug-likeness (QED) is 0.333. The molecule has 1 saturated heterocycles. The number of nitrogens with zero attached hydrogens (tertiary/aromatic N) is 4. The average Bonchev–Trinajstić information content (AvgIpc) is 3.44. The number of benzene rings is 2. The normalized spacial score (nSPS) is 15.4. The third kappa shape index (κ3) is 3.68. The Bertz CT molecular complexity index is 1370. The number of carbonyl (C=O) groups excluding carboxylic acids is 2. The zero-order valence-corrected chi connectivity index (χ0v) is 19.4. The molecule has 3 heterocycles. The van der Waals surface area contributed by atoms with Crippen LogP contribution in [0, 0.1) is 6.92 Å². The van der Waals surface area contributed by atoms with Crippen molar-refractivity contribution in [3.8, 4) is 17.1 Å². The highest BCUT2D eigenvalue weighted by Crippen LogP contribution is 2.33. The second-order valence-corrected chi connectivity index (χ2v) is 9.60. The minimum atomic E-state index is -0.870. The fourth-order valence-electron chi connectivity index (χ4n) is 4.08. The van der Waals surface area contributed by atoms with Crippen LogP contribution in [-0.2, 0) is 4.79 Å². The molecule has 9 heteroatoms. The lowest BCUT2D eigenvalue weighted by molar-refractivity contribution is -0.130. The first-order valence-corrected chi connectivity index (χ1v) is 11.7. The highest BCUT2D eigenvalue weighted by molar-refractivity contribution is 7.99. The van der Waals surface area contributed by atoms with Crippen LogP contribution in [-0.4, -0.2) is 54.4 Å². The summed E-state index contributed by atoms with van der Waals surface area (Å²) in [6.07, 6.45) is 1.95. The van der Waals surface area contributed by atoms with Gasteiger partial charge in [-0.1, -0.05) is 48.2 Å². The van der Waals surface area contributed by atoms with Crippen molar-refractivity contribution in [2.45, 2.75) is 31.5 Å². The Hall–Kier alpha value is -3.59. The molecule has 0 spiro atoms. The van der Waals surface area contributed by atoms with Crippen molar-refractivity contribution in [1.82, 2.24) is 30.0 Å². The molecule has 0 unspecified atom stereocenters. The van der Waals surface area contributed by atoms with Gasteiger partial charge >= 0.3 is 6.03 Å². The second-order valence-electron chi connectivity index (χ2n) is 8.54. The number of fused-ring (bicyclic) bond motifs is 1. The number of carbonyl (C=O) groups is 2. The molecule has 2 aromatic carbocycles. The lowest BCUT2D eigenvalue weighted by Gasteiger charge is -2.16. The SMILES string of the molecule is Cc1ccccc1-n1c(SCCN2C(=O)NC(C)(C)C2=O)nnc1-c1c[nH]c2ccccc12. The minimum Gasteiger partial charge on any atom is -0.360 e. The Kier molecular flexibility index (Phi) is 5.20. The summed E-state index contributed by atoms with van der Waals surface area (Å²) < 4.78 is 2.05. The number of para-hydroxylation sites is 2. The zero-order chi connectivity index (χ0) is 23.2. The number of aromatic nitrogens is 4. The van der Waals surface area contributed by atoms with Crippen LogP contribution in [0.5, 0.6) is 0 Å². The number of nitrogens with one attached hydrogen (secondary N) is 2. The summed E-state index contributed by atoms with van der Waals surface area (Å²) in [7, 11) is 0. The van der Waals surface area contributed by atoms with Gasteiger partial charge in [-0.15, -0.1) is 10.2 Å². The molecule has 4 aromatic rings. The number of amides is 3. The van der Waals surface area contributed by atoms with E-state index in [-0.39, 0.29) is 11.9 Å². The average molecular weight is 461 g/mol. The first-order chi connectivity index (χ1) is 15.9. The fourth-order valence-corrected chi connectivity index (χ4v) is 4.94. The number of aromatic amines is 1. The van der Waals surface area contributed by atoms with E-state index in [0.29, 0.717) is 17.5 Å². The number of hydrogen-bond acceptors (Lipinski definition) is 5. The number of imide groups is 1. The van der Waals surface area contributed by atoms with Crippen LogP contribution in [0.1, 0.15) is 19.4 Å². The summed E-state index contributed by atoms with van der Waals surface area (Å²) in [5.41, 5.74) is 3.20. The van der Waals surface area contributed by atoms with E-state index in [0.717, 1.165) is 33.5 Å². The molecular weight excluding hydrogens is 436 g/mol. The molecule has 1 aliphatic heterocycles. The number of thioether (sulfide) groups is 1. The molecule has 0 atom stereocenters. The van der Waals surface area contributed by atoms with Crippen LogP contribution in [0.25, 0.3) is 28.0 Å². The van der Waals surface area contributed by atoms with E-state index in [1.807, 2.05) is 47.2 Å². The van der Waals surface area contributed by atoms with Crippen LogP contribution in [0.15, 0.2) is 59.9 Å². The summed E-state index contributed by atoms with van der Waals surface area (Å²) >= 11 is 1.47. The summed E-state index contributed by atoms with van der Waals surface area (Å²) in [5, 5.41) is 13.5. The molecule has 168 valence electrons. The lowest BCUT2D eigenvalue weighted by atomic mass is 10.1. The van der Waals surface area contributed by atoms with Gasteiger partial charge in [0.25, 0.3) is 5.91 Å². The third-order valence-electron chi connectivity index (χ3n) is 5.81. The molecule has 1 fully saturated rings. The Morgan fingerprint density at radius 1 is 1.03 bits per heavy atom. The molecule has 3 amide bonds. The van der Waals surface area contributed by atoms with Crippen LogP contribution in [0.2, 0.25) is 0 Å². The van der Waals surface area contributed by atoms with Gasteiger partial charge in [0.05, 0.1) is 5.69 Å². The van der Waals surface area contributed by atoms with Crippen LogP contribution < -0.4 is 5.32 Å². The molecule has 8 nitrogen and oxygen atoms in total. The molecule has 0 radical (unpaired) electrons. The van der Waals surface area contributed by atoms with Crippen molar-refractivity contribution in [3.05, 3.63) is 60.3 Å². The lowest BCUT2D eigenvalue weighted by Crippen LogP contribution is -2.40. The molecular formula is C24H24N6O2S. The van der Waals surface area contributed by atoms with Crippen LogP contribution in [0.3, 0.4) is 0 Å². The van der Waals surface area contributed by atoms with Gasteiger partial charge < -0.3 is 10.3 Å². The first kappa shape index (κ1) is 21.3. The van der Waals surface area contributed by atoms with Gasteiger partial charge in [0.1, 0.15) is 5.54 Å². The number of H-pyrrole nitrogens is 1. The second kappa shape index (κ2) is 8.08. The number of hydrogen-bond donors (Lipinski definition) is 2. The van der Waals surface area contributed by atoms with Crippen LogP contribution >= 0.6 is 11.8 Å². The van der Waals surface area contributed by atoms with Gasteiger partial charge in [-0.2, -0.15) is 0 Å². The number of rotatable bonds is 6. The van der Waals surface area contributed by atoms with Gasteiger partial charge in [-0.05, 0) is 38.5 Å². The van der Waals surface area contributed by atoms with Gasteiger partial charge in [0, 0.05) is 35.0 Å². The predicted octanol–water partition coefficient (Wildman–Crippen LogP) is 4.15. The van der Waals surface area contributed by atoms with Crippen molar-refractivity contribution >= 4 is 34.6 Å². The van der Waals surface area contributed by atoms with E-state index in [2.05, 4.69) is 39.6 Å². The Morgan fingerprint density at radius 3 is 2.55 bits per heavy atom. The molecule has 33 heavy (non-hydrogen) atoms. The predicted molar refractivity (Wildman–Crippen MR) is 128 cm³/mol. The number of aryl methyl sites for hydroxylation is 1. The Morgan fingerprint density at radius 2 is 1.79 bits per heavy atom. The fraction of sp³-hybridized carbons (Fsp3) is 0.250. The molecule has 5 rings (SSSR count). The number of urea groups is 1. The Labute approximate surface area is 195 Å². The van der Waals surface area contributed by atoms with Gasteiger partial charge in [-0.3, -0.25) is 14.3 Å².